The summed E-state index contributed by atoms with van der Waals surface area (Å²) in [5, 5.41) is 9.29. The molecular formula is C10H10F2O. The third-order valence-electron chi connectivity index (χ3n) is 2.62. The van der Waals surface area contributed by atoms with Gasteiger partial charge in [0.2, 0.25) is 0 Å². The molecular weight excluding hydrogens is 174 g/mol. The Morgan fingerprint density at radius 1 is 1.23 bits per heavy atom. The fourth-order valence-electron chi connectivity index (χ4n) is 1.65. The Morgan fingerprint density at radius 2 is 2.00 bits per heavy atom. The lowest BCUT2D eigenvalue weighted by Crippen LogP contribution is -2.29. The van der Waals surface area contributed by atoms with Gasteiger partial charge in [-0.25, -0.2) is 8.78 Å². The van der Waals surface area contributed by atoms with Crippen molar-refractivity contribution in [2.24, 2.45) is 0 Å². The van der Waals surface area contributed by atoms with Gasteiger partial charge in [-0.15, -0.1) is 0 Å². The van der Waals surface area contributed by atoms with E-state index in [4.69, 9.17) is 0 Å². The van der Waals surface area contributed by atoms with Crippen LogP contribution >= 0.6 is 0 Å². The summed E-state index contributed by atoms with van der Waals surface area (Å²) in [5.74, 6) is -1.86. The molecule has 1 saturated carbocycles. The molecule has 0 spiro atoms. The van der Waals surface area contributed by atoms with Gasteiger partial charge in [0.1, 0.15) is 0 Å². The van der Waals surface area contributed by atoms with E-state index in [1.807, 2.05) is 0 Å². The highest BCUT2D eigenvalue weighted by molar-refractivity contribution is 5.26. The summed E-state index contributed by atoms with van der Waals surface area (Å²) in [6.07, 6.45) is 0.915. The van der Waals surface area contributed by atoms with Gasteiger partial charge in [0.15, 0.2) is 11.6 Å². The molecule has 0 saturated heterocycles. The van der Waals surface area contributed by atoms with Crippen LogP contribution < -0.4 is 0 Å². The SMILES string of the molecule is OC1CCC1c1cccc(F)c1F. The van der Waals surface area contributed by atoms with E-state index in [1.165, 1.54) is 12.1 Å². The molecule has 0 bridgehead atoms. The lowest BCUT2D eigenvalue weighted by Gasteiger charge is -2.32. The highest BCUT2D eigenvalue weighted by Gasteiger charge is 2.32. The van der Waals surface area contributed by atoms with E-state index in [-0.39, 0.29) is 5.92 Å². The van der Waals surface area contributed by atoms with Crippen LogP contribution in [0.3, 0.4) is 0 Å². The van der Waals surface area contributed by atoms with Gasteiger partial charge in [-0.05, 0) is 24.5 Å². The first-order valence-electron chi connectivity index (χ1n) is 4.32. The van der Waals surface area contributed by atoms with Crippen LogP contribution in [0.5, 0.6) is 0 Å². The van der Waals surface area contributed by atoms with Crippen LogP contribution in [0.2, 0.25) is 0 Å². The van der Waals surface area contributed by atoms with Crippen LogP contribution in [0.25, 0.3) is 0 Å². The second-order valence-corrected chi connectivity index (χ2v) is 3.39. The first kappa shape index (κ1) is 8.63. The van der Waals surface area contributed by atoms with Gasteiger partial charge in [0.25, 0.3) is 0 Å². The lowest BCUT2D eigenvalue weighted by molar-refractivity contribution is 0.0641. The van der Waals surface area contributed by atoms with E-state index in [1.54, 1.807) is 0 Å². The Hall–Kier alpha value is -0.960. The number of aliphatic hydroxyl groups is 1. The van der Waals surface area contributed by atoms with Gasteiger partial charge in [-0.1, -0.05) is 12.1 Å². The molecule has 1 aromatic rings. The van der Waals surface area contributed by atoms with Crippen molar-refractivity contribution in [2.75, 3.05) is 0 Å². The number of hydrogen-bond donors (Lipinski definition) is 1. The number of hydrogen-bond acceptors (Lipinski definition) is 1. The Kier molecular flexibility index (Phi) is 2.04. The largest absolute Gasteiger partial charge is 0.392 e. The van der Waals surface area contributed by atoms with E-state index in [0.29, 0.717) is 12.0 Å². The minimum atomic E-state index is -0.836. The predicted octanol–water partition coefficient (Wildman–Crippen LogP) is 2.20. The lowest BCUT2D eigenvalue weighted by atomic mass is 9.77. The maximum absolute atomic E-state index is 13.2. The summed E-state index contributed by atoms with van der Waals surface area (Å²) >= 11 is 0. The molecule has 1 N–H and O–H groups in total. The van der Waals surface area contributed by atoms with Crippen LogP contribution in [0.4, 0.5) is 8.78 Å². The van der Waals surface area contributed by atoms with E-state index in [2.05, 4.69) is 0 Å². The van der Waals surface area contributed by atoms with Gasteiger partial charge in [0, 0.05) is 5.92 Å². The quantitative estimate of drug-likeness (QED) is 0.709. The summed E-state index contributed by atoms with van der Waals surface area (Å²) < 4.78 is 25.9. The molecule has 3 heteroatoms. The molecule has 13 heavy (non-hydrogen) atoms. The highest BCUT2D eigenvalue weighted by Crippen LogP contribution is 2.38. The molecule has 1 aliphatic carbocycles. The summed E-state index contributed by atoms with van der Waals surface area (Å²) in [4.78, 5) is 0. The summed E-state index contributed by atoms with van der Waals surface area (Å²) in [7, 11) is 0. The summed E-state index contributed by atoms with van der Waals surface area (Å²) in [6, 6.07) is 4.09. The van der Waals surface area contributed by atoms with Gasteiger partial charge in [-0.3, -0.25) is 0 Å². The smallest absolute Gasteiger partial charge is 0.162 e. The minimum absolute atomic E-state index is 0.212. The van der Waals surface area contributed by atoms with Crippen molar-refractivity contribution in [2.45, 2.75) is 24.9 Å². The van der Waals surface area contributed by atoms with Crippen LogP contribution in [0.1, 0.15) is 24.3 Å². The fourth-order valence-corrected chi connectivity index (χ4v) is 1.65. The van der Waals surface area contributed by atoms with Crippen molar-refractivity contribution < 1.29 is 13.9 Å². The standard InChI is InChI=1S/C10H10F2O/c11-8-3-1-2-7(10(8)12)6-4-5-9(6)13/h1-3,6,9,13H,4-5H2. The highest BCUT2D eigenvalue weighted by atomic mass is 19.2. The molecule has 1 aliphatic rings. The average Bonchev–Trinajstić information content (AvgIpc) is 2.10. The zero-order valence-electron chi connectivity index (χ0n) is 7.00. The maximum atomic E-state index is 13.2. The maximum Gasteiger partial charge on any atom is 0.162 e. The first-order valence-corrected chi connectivity index (χ1v) is 4.32. The Morgan fingerprint density at radius 3 is 2.54 bits per heavy atom. The van der Waals surface area contributed by atoms with Crippen molar-refractivity contribution >= 4 is 0 Å². The molecule has 0 aromatic heterocycles. The van der Waals surface area contributed by atoms with Gasteiger partial charge in [0.05, 0.1) is 6.10 Å². The van der Waals surface area contributed by atoms with E-state index in [9.17, 15) is 13.9 Å². The Balaban J connectivity index is 2.34. The third-order valence-corrected chi connectivity index (χ3v) is 2.62. The zero-order valence-corrected chi connectivity index (χ0v) is 7.00. The molecule has 2 atom stereocenters. The molecule has 2 unspecified atom stereocenters. The molecule has 70 valence electrons. The van der Waals surface area contributed by atoms with E-state index in [0.717, 1.165) is 12.5 Å². The van der Waals surface area contributed by atoms with Gasteiger partial charge < -0.3 is 5.11 Å². The van der Waals surface area contributed by atoms with Crippen LogP contribution in [-0.2, 0) is 0 Å². The second kappa shape index (κ2) is 3.07. The number of benzene rings is 1. The number of rotatable bonds is 1. The molecule has 0 amide bonds. The normalized spacial score (nSPS) is 27.0. The number of halogens is 2. The summed E-state index contributed by atoms with van der Waals surface area (Å²) in [6.45, 7) is 0. The Bertz CT molecular complexity index is 325. The minimum Gasteiger partial charge on any atom is -0.392 e. The molecule has 1 aromatic carbocycles. The van der Waals surface area contributed by atoms with Crippen molar-refractivity contribution in [3.05, 3.63) is 35.4 Å². The van der Waals surface area contributed by atoms with Gasteiger partial charge >= 0.3 is 0 Å². The molecule has 0 radical (unpaired) electrons. The summed E-state index contributed by atoms with van der Waals surface area (Å²) in [5.41, 5.74) is 0.304. The van der Waals surface area contributed by atoms with E-state index < -0.39 is 17.7 Å². The number of aliphatic hydroxyl groups excluding tert-OH is 1. The van der Waals surface area contributed by atoms with E-state index >= 15 is 0 Å². The molecule has 0 heterocycles. The average molecular weight is 184 g/mol. The van der Waals surface area contributed by atoms with Crippen molar-refractivity contribution in [3.8, 4) is 0 Å². The monoisotopic (exact) mass is 184 g/mol. The van der Waals surface area contributed by atoms with Crippen molar-refractivity contribution in [3.63, 3.8) is 0 Å². The van der Waals surface area contributed by atoms with Crippen molar-refractivity contribution in [1.29, 1.82) is 0 Å². The molecule has 2 rings (SSSR count). The first-order chi connectivity index (χ1) is 6.20. The second-order valence-electron chi connectivity index (χ2n) is 3.39. The van der Waals surface area contributed by atoms with Crippen molar-refractivity contribution in [1.82, 2.24) is 0 Å². The topological polar surface area (TPSA) is 20.2 Å². The predicted molar refractivity (Wildman–Crippen MR) is 44.3 cm³/mol. The van der Waals surface area contributed by atoms with Gasteiger partial charge in [-0.2, -0.15) is 0 Å². The van der Waals surface area contributed by atoms with Crippen LogP contribution in [0, 0.1) is 11.6 Å². The molecule has 1 nitrogen and oxygen atoms in total. The third kappa shape index (κ3) is 1.33. The fraction of sp³-hybridized carbons (Fsp3) is 0.400. The molecule has 1 fully saturated rings. The van der Waals surface area contributed by atoms with Crippen LogP contribution in [-0.4, -0.2) is 11.2 Å². The zero-order chi connectivity index (χ0) is 9.42. The molecule has 0 aliphatic heterocycles. The Labute approximate surface area is 75.0 Å². The van der Waals surface area contributed by atoms with Crippen LogP contribution in [0.15, 0.2) is 18.2 Å².